The molecule has 0 spiro atoms. The lowest BCUT2D eigenvalue weighted by molar-refractivity contribution is 0.660. The molecule has 0 saturated carbocycles. The van der Waals surface area contributed by atoms with Crippen LogP contribution in [0.15, 0.2) is 133 Å². The van der Waals surface area contributed by atoms with Crippen molar-refractivity contribution in [1.29, 1.82) is 0 Å². The number of hydrogen-bond acceptors (Lipinski definition) is 1. The Labute approximate surface area is 265 Å². The highest BCUT2D eigenvalue weighted by molar-refractivity contribution is 6.30. The van der Waals surface area contributed by atoms with Crippen molar-refractivity contribution in [2.24, 2.45) is 0 Å². The lowest BCUT2D eigenvalue weighted by atomic mass is 9.81. The summed E-state index contributed by atoms with van der Waals surface area (Å²) in [7, 11) is 0. The maximum absolute atomic E-state index is 6.41. The second-order valence-corrected chi connectivity index (χ2v) is 13.6. The first-order chi connectivity index (χ1) is 21.2. The molecule has 2 heteroatoms. The van der Waals surface area contributed by atoms with Crippen LogP contribution in [0.25, 0.3) is 33.4 Å². The van der Waals surface area contributed by atoms with Gasteiger partial charge in [-0.3, -0.25) is 0 Å². The third-order valence-corrected chi connectivity index (χ3v) is 10.2. The van der Waals surface area contributed by atoms with Crippen LogP contribution in [0.3, 0.4) is 0 Å². The summed E-state index contributed by atoms with van der Waals surface area (Å²) >= 11 is 6.41. The van der Waals surface area contributed by atoms with Crippen LogP contribution in [0.2, 0.25) is 5.02 Å². The van der Waals surface area contributed by atoms with Crippen molar-refractivity contribution in [1.82, 2.24) is 0 Å². The van der Waals surface area contributed by atoms with E-state index in [-0.39, 0.29) is 10.8 Å². The molecule has 2 aliphatic rings. The first-order valence-electron chi connectivity index (χ1n) is 15.4. The minimum Gasteiger partial charge on any atom is -0.310 e. The number of benzene rings is 6. The number of halogens is 1. The summed E-state index contributed by atoms with van der Waals surface area (Å²) in [6, 6.07) is 48.6. The molecule has 0 amide bonds. The zero-order chi connectivity index (χ0) is 30.2. The fraction of sp³-hybridized carbons (Fsp3) is 0.143. The molecule has 0 bridgehead atoms. The van der Waals surface area contributed by atoms with Gasteiger partial charge in [0.2, 0.25) is 0 Å². The Kier molecular flexibility index (Phi) is 5.96. The molecule has 0 aliphatic heterocycles. The first kappa shape index (κ1) is 27.0. The molecule has 6 aromatic rings. The van der Waals surface area contributed by atoms with Crippen LogP contribution in [0, 0.1) is 0 Å². The van der Waals surface area contributed by atoms with Gasteiger partial charge in [-0.2, -0.15) is 0 Å². The van der Waals surface area contributed by atoms with Crippen LogP contribution in [-0.2, 0) is 10.8 Å². The fourth-order valence-corrected chi connectivity index (χ4v) is 7.74. The predicted molar refractivity (Wildman–Crippen MR) is 187 cm³/mol. The van der Waals surface area contributed by atoms with E-state index in [1.807, 2.05) is 12.1 Å². The van der Waals surface area contributed by atoms with E-state index < -0.39 is 0 Å². The van der Waals surface area contributed by atoms with Gasteiger partial charge in [-0.25, -0.2) is 0 Å². The van der Waals surface area contributed by atoms with Gasteiger partial charge < -0.3 is 4.90 Å². The van der Waals surface area contributed by atoms with E-state index in [0.29, 0.717) is 0 Å². The lowest BCUT2D eigenvalue weighted by Gasteiger charge is -2.30. The molecule has 44 heavy (non-hydrogen) atoms. The predicted octanol–water partition coefficient (Wildman–Crippen LogP) is 12.1. The number of nitrogens with zero attached hydrogens (tertiary/aromatic N) is 1. The van der Waals surface area contributed by atoms with E-state index in [1.165, 1.54) is 61.3 Å². The van der Waals surface area contributed by atoms with Crippen LogP contribution in [-0.4, -0.2) is 0 Å². The Morgan fingerprint density at radius 2 is 1.07 bits per heavy atom. The zero-order valence-corrected chi connectivity index (χ0v) is 26.3. The standard InChI is InChI=1S/C42H34ClN/c1-41(2)35-14-9-8-13-34(35)40-36(41)15-10-16-39(40)44(30-20-18-29(43)19-21-30)31-22-24-33-32-23-17-28(27-11-6-5-7-12-27)25-37(32)42(3,4)38(33)26-31/h5-26H,1-4H3. The van der Waals surface area contributed by atoms with Crippen LogP contribution in [0.1, 0.15) is 49.9 Å². The van der Waals surface area contributed by atoms with Gasteiger partial charge in [0, 0.05) is 32.8 Å². The molecule has 6 aromatic carbocycles. The molecule has 2 aliphatic carbocycles. The highest BCUT2D eigenvalue weighted by Crippen LogP contribution is 2.55. The number of rotatable bonds is 4. The SMILES string of the molecule is CC1(C)c2cc(-c3ccccc3)ccc2-c2ccc(N(c3ccc(Cl)cc3)c3cccc4c3-c3ccccc3C4(C)C)cc21. The van der Waals surface area contributed by atoms with E-state index in [0.717, 1.165) is 16.4 Å². The quantitative estimate of drug-likeness (QED) is 0.198. The molecule has 0 aromatic heterocycles. The number of hydrogen-bond donors (Lipinski definition) is 0. The highest BCUT2D eigenvalue weighted by Gasteiger charge is 2.39. The third kappa shape index (κ3) is 3.92. The molecule has 0 atom stereocenters. The summed E-state index contributed by atoms with van der Waals surface area (Å²) < 4.78 is 0. The molecule has 0 N–H and O–H groups in total. The lowest BCUT2D eigenvalue weighted by Crippen LogP contribution is -2.17. The maximum atomic E-state index is 6.41. The van der Waals surface area contributed by atoms with E-state index in [9.17, 15) is 0 Å². The maximum Gasteiger partial charge on any atom is 0.0543 e. The van der Waals surface area contributed by atoms with Crippen molar-refractivity contribution in [3.63, 3.8) is 0 Å². The molecule has 1 nitrogen and oxygen atoms in total. The summed E-state index contributed by atoms with van der Waals surface area (Å²) in [5, 5.41) is 0.734. The summed E-state index contributed by atoms with van der Waals surface area (Å²) in [6.07, 6.45) is 0. The molecular formula is C42H34ClN. The molecule has 0 fully saturated rings. The van der Waals surface area contributed by atoms with Gasteiger partial charge in [-0.05, 0) is 98.6 Å². The molecule has 0 unspecified atom stereocenters. The van der Waals surface area contributed by atoms with Crippen molar-refractivity contribution < 1.29 is 0 Å². The van der Waals surface area contributed by atoms with E-state index in [4.69, 9.17) is 11.6 Å². The molecular weight excluding hydrogens is 554 g/mol. The molecule has 8 rings (SSSR count). The molecule has 214 valence electrons. The Bertz CT molecular complexity index is 2070. The largest absolute Gasteiger partial charge is 0.310 e. The minimum absolute atomic E-state index is 0.0777. The molecule has 0 heterocycles. The third-order valence-electron chi connectivity index (χ3n) is 9.94. The summed E-state index contributed by atoms with van der Waals surface area (Å²) in [4.78, 5) is 2.42. The minimum atomic E-state index is -0.148. The van der Waals surface area contributed by atoms with Crippen molar-refractivity contribution >= 4 is 28.7 Å². The van der Waals surface area contributed by atoms with E-state index in [2.05, 4.69) is 154 Å². The van der Waals surface area contributed by atoms with Gasteiger partial charge in [-0.1, -0.05) is 124 Å². The Hall–Kier alpha value is -4.59. The summed E-state index contributed by atoms with van der Waals surface area (Å²) in [6.45, 7) is 9.41. The highest BCUT2D eigenvalue weighted by atomic mass is 35.5. The number of fused-ring (bicyclic) bond motifs is 6. The van der Waals surface area contributed by atoms with Crippen LogP contribution >= 0.6 is 11.6 Å². The normalized spacial score (nSPS) is 14.8. The Morgan fingerprint density at radius 1 is 0.455 bits per heavy atom. The topological polar surface area (TPSA) is 3.24 Å². The van der Waals surface area contributed by atoms with Gasteiger partial charge in [0.05, 0.1) is 5.69 Å². The van der Waals surface area contributed by atoms with E-state index >= 15 is 0 Å². The van der Waals surface area contributed by atoms with Crippen molar-refractivity contribution in [2.45, 2.75) is 38.5 Å². The van der Waals surface area contributed by atoms with Crippen LogP contribution in [0.4, 0.5) is 17.1 Å². The first-order valence-corrected chi connectivity index (χ1v) is 15.8. The fourth-order valence-electron chi connectivity index (χ4n) is 7.61. The number of anilines is 3. The smallest absolute Gasteiger partial charge is 0.0543 e. The van der Waals surface area contributed by atoms with Crippen molar-refractivity contribution in [3.8, 4) is 33.4 Å². The summed E-state index contributed by atoms with van der Waals surface area (Å²) in [5.41, 5.74) is 16.4. The van der Waals surface area contributed by atoms with Gasteiger partial charge >= 0.3 is 0 Å². The monoisotopic (exact) mass is 587 g/mol. The molecule has 0 radical (unpaired) electrons. The van der Waals surface area contributed by atoms with Gasteiger partial charge in [0.25, 0.3) is 0 Å². The average Bonchev–Trinajstić information content (AvgIpc) is 3.42. The van der Waals surface area contributed by atoms with E-state index in [1.54, 1.807) is 0 Å². The van der Waals surface area contributed by atoms with Gasteiger partial charge in [0.1, 0.15) is 0 Å². The van der Waals surface area contributed by atoms with Gasteiger partial charge in [0.15, 0.2) is 0 Å². The van der Waals surface area contributed by atoms with Gasteiger partial charge in [-0.15, -0.1) is 0 Å². The average molecular weight is 588 g/mol. The second kappa shape index (κ2) is 9.71. The van der Waals surface area contributed by atoms with Crippen LogP contribution < -0.4 is 4.90 Å². The zero-order valence-electron chi connectivity index (χ0n) is 25.5. The van der Waals surface area contributed by atoms with Crippen molar-refractivity contribution in [2.75, 3.05) is 4.90 Å². The summed E-state index contributed by atoms with van der Waals surface area (Å²) in [5.74, 6) is 0. The second-order valence-electron chi connectivity index (χ2n) is 13.2. The van der Waals surface area contributed by atoms with Crippen molar-refractivity contribution in [3.05, 3.63) is 161 Å². The Balaban J connectivity index is 1.32. The van der Waals surface area contributed by atoms with Crippen LogP contribution in [0.5, 0.6) is 0 Å². The Morgan fingerprint density at radius 3 is 1.84 bits per heavy atom. The molecule has 0 saturated heterocycles.